The van der Waals surface area contributed by atoms with E-state index in [9.17, 15) is 3.74 Å². The second-order valence-electron chi connectivity index (χ2n) is 1.29. The average molecular weight is 161 g/mol. The van der Waals surface area contributed by atoms with Gasteiger partial charge in [0.15, 0.2) is 0 Å². The van der Waals surface area contributed by atoms with Crippen molar-refractivity contribution < 1.29 is 37.4 Å². The molecule has 0 spiro atoms. The molecule has 0 saturated heterocycles. The first-order valence-electron chi connectivity index (χ1n) is 1.28. The Balaban J connectivity index is 0. The summed E-state index contributed by atoms with van der Waals surface area (Å²) in [4.78, 5) is 0. The summed E-state index contributed by atoms with van der Waals surface area (Å²) in [6, 6.07) is 0. The molecule has 0 amide bonds. The fourth-order valence-corrected chi connectivity index (χ4v) is 0. The number of hydrogen-bond acceptors (Lipinski definition) is 1. The Kier molecular flexibility index (Phi) is 5.74. The minimum atomic E-state index is -3.12. The van der Waals surface area contributed by atoms with Crippen LogP contribution in [0.5, 0.6) is 0 Å². The van der Waals surface area contributed by atoms with E-state index < -0.39 is 13.8 Å². The molecule has 32 valence electrons. The van der Waals surface area contributed by atoms with Crippen molar-refractivity contribution in [2.75, 3.05) is 0 Å². The van der Waals surface area contributed by atoms with Crippen molar-refractivity contribution in [2.24, 2.45) is 0 Å². The van der Waals surface area contributed by atoms with Crippen molar-refractivity contribution in [1.82, 2.24) is 0 Å². The van der Waals surface area contributed by atoms with Gasteiger partial charge in [-0.25, -0.2) is 0 Å². The normalized spacial score (nSPS) is 9.83. The van der Waals surface area contributed by atoms with Crippen molar-refractivity contribution in [2.45, 2.75) is 11.4 Å². The molecule has 6 heavy (non-hydrogen) atoms. The van der Waals surface area contributed by atoms with E-state index in [4.69, 9.17) is 4.10 Å². The van der Waals surface area contributed by atoms with Gasteiger partial charge in [-0.05, 0) is 0 Å². The van der Waals surface area contributed by atoms with Crippen molar-refractivity contribution in [3.63, 3.8) is 0 Å². The van der Waals surface area contributed by atoms with E-state index in [0.717, 1.165) is 0 Å². The topological polar surface area (TPSA) is 37.3 Å². The first-order chi connectivity index (χ1) is 2.00. The molecule has 0 bridgehead atoms. The predicted octanol–water partition coefficient (Wildman–Crippen LogP) is -2.88. The molecule has 0 aliphatic carbocycles. The van der Waals surface area contributed by atoms with Crippen LogP contribution in [-0.4, -0.2) is 17.9 Å². The first kappa shape index (κ1) is 10.3. The first-order valence-corrected chi connectivity index (χ1v) is 6.64. The number of rotatable bonds is 0. The smallest absolute Gasteiger partial charge is 1.00 e. The summed E-state index contributed by atoms with van der Waals surface area (Å²) >= 11 is -3.12. The SMILES string of the molecule is C[As](C)(=O)O.[Na+]. The Morgan fingerprint density at radius 1 is 1.50 bits per heavy atom. The summed E-state index contributed by atoms with van der Waals surface area (Å²) in [5.41, 5.74) is 2.72. The molecule has 0 unspecified atom stereocenters. The van der Waals surface area contributed by atoms with Crippen molar-refractivity contribution >= 4 is 13.8 Å². The van der Waals surface area contributed by atoms with Crippen LogP contribution in [0.1, 0.15) is 0 Å². The molecular weight excluding hydrogens is 154 g/mol. The van der Waals surface area contributed by atoms with E-state index in [1.165, 1.54) is 11.4 Å². The van der Waals surface area contributed by atoms with Gasteiger partial charge in [-0.15, -0.1) is 0 Å². The average Bonchev–Trinajstić information content (AvgIpc) is 0.722. The molecule has 0 aromatic rings. The van der Waals surface area contributed by atoms with Gasteiger partial charge >= 0.3 is 62.6 Å². The second-order valence-corrected chi connectivity index (χ2v) is 6.72. The van der Waals surface area contributed by atoms with Gasteiger partial charge in [0.1, 0.15) is 0 Å². The zero-order chi connectivity index (χ0) is 4.50. The van der Waals surface area contributed by atoms with Crippen LogP contribution < -0.4 is 29.6 Å². The molecule has 0 radical (unpaired) electrons. The second kappa shape index (κ2) is 3.34. The maximum Gasteiger partial charge on any atom is 1.00 e. The monoisotopic (exact) mass is 161 g/mol. The maximum atomic E-state index is 9.83. The van der Waals surface area contributed by atoms with Gasteiger partial charge in [-0.3, -0.25) is 0 Å². The van der Waals surface area contributed by atoms with Crippen LogP contribution in [-0.2, 0) is 3.74 Å². The molecular formula is C2H7AsNaO2+. The molecule has 0 saturated carbocycles. The van der Waals surface area contributed by atoms with Crippen LogP contribution in [0, 0.1) is 0 Å². The fraction of sp³-hybridized carbons (Fsp3) is 1.00. The summed E-state index contributed by atoms with van der Waals surface area (Å²) in [5, 5.41) is 0. The molecule has 1 N–H and O–H groups in total. The Morgan fingerprint density at radius 3 is 1.50 bits per heavy atom. The molecule has 0 aromatic carbocycles. The van der Waals surface area contributed by atoms with Gasteiger partial charge in [0.05, 0.1) is 0 Å². The molecule has 0 heterocycles. The predicted molar refractivity (Wildman–Crippen MR) is 20.4 cm³/mol. The molecule has 0 aromatic heterocycles. The van der Waals surface area contributed by atoms with Gasteiger partial charge in [-0.2, -0.15) is 0 Å². The Morgan fingerprint density at radius 2 is 1.50 bits per heavy atom. The van der Waals surface area contributed by atoms with E-state index in [1.54, 1.807) is 0 Å². The summed E-state index contributed by atoms with van der Waals surface area (Å²) < 4.78 is 18.0. The van der Waals surface area contributed by atoms with Crippen molar-refractivity contribution in [3.05, 3.63) is 0 Å². The van der Waals surface area contributed by atoms with E-state index in [1.807, 2.05) is 0 Å². The minimum absolute atomic E-state index is 0. The largest absolute Gasteiger partial charge is 1.00 e. The zero-order valence-electron chi connectivity index (χ0n) is 4.30. The third-order valence-electron chi connectivity index (χ3n) is 0. The Hall–Kier alpha value is 1.32. The van der Waals surface area contributed by atoms with Crippen LogP contribution in [0.4, 0.5) is 0 Å². The summed E-state index contributed by atoms with van der Waals surface area (Å²) in [6.07, 6.45) is 0. The van der Waals surface area contributed by atoms with E-state index in [-0.39, 0.29) is 29.6 Å². The van der Waals surface area contributed by atoms with Gasteiger partial charge in [0.25, 0.3) is 0 Å². The Bertz CT molecular complexity index is 57.7. The quantitative estimate of drug-likeness (QED) is 0.387. The third-order valence-corrected chi connectivity index (χ3v) is 0. The van der Waals surface area contributed by atoms with Gasteiger partial charge < -0.3 is 0 Å². The molecule has 0 rings (SSSR count). The minimum Gasteiger partial charge on any atom is 1.00 e. The summed E-state index contributed by atoms with van der Waals surface area (Å²) in [7, 11) is 0. The fourth-order valence-electron chi connectivity index (χ4n) is 0. The zero-order valence-corrected chi connectivity index (χ0v) is 8.18. The van der Waals surface area contributed by atoms with Crippen LogP contribution in [0.3, 0.4) is 0 Å². The summed E-state index contributed by atoms with van der Waals surface area (Å²) in [6.45, 7) is 0. The molecule has 0 fully saturated rings. The van der Waals surface area contributed by atoms with Crippen LogP contribution in [0.15, 0.2) is 0 Å². The third kappa shape index (κ3) is 57.1. The molecule has 0 aliphatic heterocycles. The molecule has 2 nitrogen and oxygen atoms in total. The summed E-state index contributed by atoms with van der Waals surface area (Å²) in [5.74, 6) is 0. The van der Waals surface area contributed by atoms with Crippen molar-refractivity contribution in [3.8, 4) is 0 Å². The van der Waals surface area contributed by atoms with Crippen LogP contribution >= 0.6 is 0 Å². The van der Waals surface area contributed by atoms with Crippen molar-refractivity contribution in [1.29, 1.82) is 0 Å². The van der Waals surface area contributed by atoms with Gasteiger partial charge in [-0.1, -0.05) is 0 Å². The standard InChI is InChI=1S/C2H7AsO2.Na/c1-3(2,4)5;/h1-2H3,(H,4,5);/q;+1. The molecule has 4 heteroatoms. The molecule has 0 atom stereocenters. The number of hydrogen-bond donors (Lipinski definition) is 1. The van der Waals surface area contributed by atoms with E-state index in [2.05, 4.69) is 0 Å². The van der Waals surface area contributed by atoms with E-state index in [0.29, 0.717) is 0 Å². The Labute approximate surface area is 62.3 Å². The van der Waals surface area contributed by atoms with Crippen LogP contribution in [0.2, 0.25) is 11.4 Å². The molecule has 0 aliphatic rings. The van der Waals surface area contributed by atoms with Crippen LogP contribution in [0.25, 0.3) is 0 Å². The van der Waals surface area contributed by atoms with Gasteiger partial charge in [0, 0.05) is 0 Å². The van der Waals surface area contributed by atoms with E-state index >= 15 is 0 Å². The maximum absolute atomic E-state index is 9.83. The van der Waals surface area contributed by atoms with Gasteiger partial charge in [0.2, 0.25) is 0 Å².